The molecule has 0 radical (unpaired) electrons. The summed E-state index contributed by atoms with van der Waals surface area (Å²) in [5.41, 5.74) is 2.63. The Morgan fingerprint density at radius 2 is 1.80 bits per heavy atom. The number of aryl methyl sites for hydroxylation is 1. The first-order chi connectivity index (χ1) is 7.17. The first-order valence-electron chi connectivity index (χ1n) is 5.63. The topological polar surface area (TPSA) is 32.3 Å². The zero-order chi connectivity index (χ0) is 11.3. The van der Waals surface area contributed by atoms with Gasteiger partial charge in [-0.2, -0.15) is 0 Å². The van der Waals surface area contributed by atoms with Crippen molar-refractivity contribution >= 4 is 0 Å². The molecule has 84 valence electrons. The second-order valence-corrected chi connectivity index (χ2v) is 4.07. The average molecular weight is 207 g/mol. The molecule has 1 aromatic carbocycles. The van der Waals surface area contributed by atoms with Crippen LogP contribution in [-0.2, 0) is 6.42 Å². The van der Waals surface area contributed by atoms with Crippen LogP contribution in [0, 0.1) is 0 Å². The van der Waals surface area contributed by atoms with E-state index < -0.39 is 0 Å². The van der Waals surface area contributed by atoms with Gasteiger partial charge in [0.1, 0.15) is 0 Å². The summed E-state index contributed by atoms with van der Waals surface area (Å²) in [7, 11) is 0. The van der Waals surface area contributed by atoms with Crippen LogP contribution in [0.25, 0.3) is 0 Å². The third kappa shape index (κ3) is 3.65. The van der Waals surface area contributed by atoms with E-state index in [1.54, 1.807) is 0 Å². The number of rotatable bonds is 5. The number of nitrogens with one attached hydrogen (secondary N) is 1. The lowest BCUT2D eigenvalue weighted by Crippen LogP contribution is -2.31. The summed E-state index contributed by atoms with van der Waals surface area (Å²) >= 11 is 0. The molecule has 0 heterocycles. The molecule has 0 bridgehead atoms. The Hall–Kier alpha value is -0.860. The molecular weight excluding hydrogens is 186 g/mol. The van der Waals surface area contributed by atoms with Crippen molar-refractivity contribution in [1.82, 2.24) is 5.32 Å². The van der Waals surface area contributed by atoms with E-state index in [2.05, 4.69) is 43.4 Å². The van der Waals surface area contributed by atoms with E-state index >= 15 is 0 Å². The van der Waals surface area contributed by atoms with Crippen molar-refractivity contribution in [2.75, 3.05) is 6.61 Å². The molecule has 2 N–H and O–H groups in total. The first-order valence-corrected chi connectivity index (χ1v) is 5.63. The predicted octanol–water partition coefficient (Wildman–Crippen LogP) is 2.28. The van der Waals surface area contributed by atoms with Crippen LogP contribution in [0.2, 0.25) is 0 Å². The summed E-state index contributed by atoms with van der Waals surface area (Å²) < 4.78 is 0. The smallest absolute Gasteiger partial charge is 0.0582 e. The van der Waals surface area contributed by atoms with Crippen molar-refractivity contribution in [3.63, 3.8) is 0 Å². The van der Waals surface area contributed by atoms with Crippen molar-refractivity contribution in [3.8, 4) is 0 Å². The monoisotopic (exact) mass is 207 g/mol. The molecule has 0 fully saturated rings. The second kappa shape index (κ2) is 5.89. The van der Waals surface area contributed by atoms with Gasteiger partial charge >= 0.3 is 0 Å². The maximum absolute atomic E-state index is 8.95. The Kier molecular flexibility index (Phi) is 4.79. The molecule has 0 aromatic heterocycles. The van der Waals surface area contributed by atoms with Gasteiger partial charge in [0.2, 0.25) is 0 Å². The van der Waals surface area contributed by atoms with Crippen LogP contribution < -0.4 is 5.32 Å². The predicted molar refractivity (Wildman–Crippen MR) is 63.9 cm³/mol. The lowest BCUT2D eigenvalue weighted by molar-refractivity contribution is 0.243. The van der Waals surface area contributed by atoms with Crippen LogP contribution in [0.3, 0.4) is 0 Å². The molecule has 15 heavy (non-hydrogen) atoms. The molecule has 0 aliphatic carbocycles. The van der Waals surface area contributed by atoms with E-state index in [1.807, 2.05) is 6.92 Å². The van der Waals surface area contributed by atoms with E-state index in [1.165, 1.54) is 11.1 Å². The van der Waals surface area contributed by atoms with Gasteiger partial charge in [-0.3, -0.25) is 0 Å². The third-order valence-corrected chi connectivity index (χ3v) is 2.70. The van der Waals surface area contributed by atoms with Crippen molar-refractivity contribution in [2.24, 2.45) is 0 Å². The van der Waals surface area contributed by atoms with Gasteiger partial charge in [-0.1, -0.05) is 31.2 Å². The highest BCUT2D eigenvalue weighted by Gasteiger charge is 2.07. The van der Waals surface area contributed by atoms with Crippen LogP contribution >= 0.6 is 0 Å². The Labute approximate surface area is 92.3 Å². The van der Waals surface area contributed by atoms with Crippen LogP contribution in [0.4, 0.5) is 0 Å². The van der Waals surface area contributed by atoms with Gasteiger partial charge in [-0.05, 0) is 31.4 Å². The number of hydrogen-bond acceptors (Lipinski definition) is 2. The maximum Gasteiger partial charge on any atom is 0.0582 e. The lowest BCUT2D eigenvalue weighted by atomic mass is 10.0. The van der Waals surface area contributed by atoms with E-state index in [4.69, 9.17) is 5.11 Å². The zero-order valence-electron chi connectivity index (χ0n) is 9.83. The number of benzene rings is 1. The Morgan fingerprint density at radius 3 is 2.27 bits per heavy atom. The summed E-state index contributed by atoms with van der Waals surface area (Å²) in [5.74, 6) is 0. The standard InChI is InChI=1S/C13H21NO/c1-4-12-5-7-13(8-6-12)11(3)14-10(2)9-15/h5-8,10-11,14-15H,4,9H2,1-3H3/t10-,11?/m0/s1. The largest absolute Gasteiger partial charge is 0.395 e. The van der Waals surface area contributed by atoms with Crippen LogP contribution in [0.15, 0.2) is 24.3 Å². The molecule has 2 atom stereocenters. The summed E-state index contributed by atoms with van der Waals surface area (Å²) in [5, 5.41) is 12.3. The van der Waals surface area contributed by atoms with E-state index in [9.17, 15) is 0 Å². The summed E-state index contributed by atoms with van der Waals surface area (Å²) in [6, 6.07) is 9.07. The molecule has 0 aliphatic heterocycles. The minimum atomic E-state index is 0.144. The van der Waals surface area contributed by atoms with E-state index in [0.717, 1.165) is 6.42 Å². The molecule has 0 saturated heterocycles. The second-order valence-electron chi connectivity index (χ2n) is 4.07. The van der Waals surface area contributed by atoms with Crippen molar-refractivity contribution in [3.05, 3.63) is 35.4 Å². The average Bonchev–Trinajstić information content (AvgIpc) is 2.29. The molecule has 0 amide bonds. The lowest BCUT2D eigenvalue weighted by Gasteiger charge is -2.18. The molecule has 0 aliphatic rings. The molecule has 1 aromatic rings. The Balaban J connectivity index is 2.61. The van der Waals surface area contributed by atoms with Crippen LogP contribution in [0.5, 0.6) is 0 Å². The van der Waals surface area contributed by atoms with Gasteiger partial charge in [0, 0.05) is 12.1 Å². The molecule has 2 heteroatoms. The van der Waals surface area contributed by atoms with E-state index in [0.29, 0.717) is 0 Å². The highest BCUT2D eigenvalue weighted by atomic mass is 16.3. The third-order valence-electron chi connectivity index (χ3n) is 2.70. The van der Waals surface area contributed by atoms with Gasteiger partial charge in [-0.15, -0.1) is 0 Å². The Bertz CT molecular complexity index is 281. The molecule has 1 rings (SSSR count). The minimum absolute atomic E-state index is 0.144. The Morgan fingerprint density at radius 1 is 1.20 bits per heavy atom. The van der Waals surface area contributed by atoms with Gasteiger partial charge in [-0.25, -0.2) is 0 Å². The maximum atomic E-state index is 8.95. The molecule has 1 unspecified atom stereocenters. The molecule has 0 spiro atoms. The fourth-order valence-electron chi connectivity index (χ4n) is 1.62. The molecule has 2 nitrogen and oxygen atoms in total. The highest BCUT2D eigenvalue weighted by Crippen LogP contribution is 2.14. The van der Waals surface area contributed by atoms with Crippen LogP contribution in [-0.4, -0.2) is 17.8 Å². The van der Waals surface area contributed by atoms with Crippen molar-refractivity contribution in [1.29, 1.82) is 0 Å². The van der Waals surface area contributed by atoms with Gasteiger partial charge < -0.3 is 10.4 Å². The number of hydrogen-bond donors (Lipinski definition) is 2. The molecular formula is C13H21NO. The van der Waals surface area contributed by atoms with Gasteiger partial charge in [0.25, 0.3) is 0 Å². The molecule has 0 saturated carbocycles. The summed E-state index contributed by atoms with van der Waals surface area (Å²) in [4.78, 5) is 0. The zero-order valence-corrected chi connectivity index (χ0v) is 9.83. The quantitative estimate of drug-likeness (QED) is 0.776. The summed E-state index contributed by atoms with van der Waals surface area (Å²) in [6.45, 7) is 6.44. The van der Waals surface area contributed by atoms with Crippen molar-refractivity contribution < 1.29 is 5.11 Å². The minimum Gasteiger partial charge on any atom is -0.395 e. The first kappa shape index (κ1) is 12.2. The van der Waals surface area contributed by atoms with E-state index in [-0.39, 0.29) is 18.7 Å². The van der Waals surface area contributed by atoms with Gasteiger partial charge in [0.15, 0.2) is 0 Å². The fraction of sp³-hybridized carbons (Fsp3) is 0.538. The normalized spacial score (nSPS) is 14.9. The van der Waals surface area contributed by atoms with Crippen LogP contribution in [0.1, 0.15) is 37.9 Å². The SMILES string of the molecule is CCc1ccc(C(C)N[C@@H](C)CO)cc1. The number of aliphatic hydroxyl groups is 1. The highest BCUT2D eigenvalue weighted by molar-refractivity contribution is 5.24. The van der Waals surface area contributed by atoms with Crippen molar-refractivity contribution in [2.45, 2.75) is 39.3 Å². The van der Waals surface area contributed by atoms with Gasteiger partial charge in [0.05, 0.1) is 6.61 Å². The number of aliphatic hydroxyl groups excluding tert-OH is 1. The fourth-order valence-corrected chi connectivity index (χ4v) is 1.62. The summed E-state index contributed by atoms with van der Waals surface area (Å²) in [6.07, 6.45) is 1.08.